The maximum atomic E-state index is 10.9. The number of aryl methyl sites for hydroxylation is 1. The second-order valence-electron chi connectivity index (χ2n) is 3.58. The summed E-state index contributed by atoms with van der Waals surface area (Å²) in [6.45, 7) is 2.30. The Morgan fingerprint density at radius 2 is 2.18 bits per heavy atom. The first-order chi connectivity index (χ1) is 7.91. The number of nitro benzene ring substituents is 1. The van der Waals surface area contributed by atoms with Gasteiger partial charge in [-0.1, -0.05) is 11.6 Å². The van der Waals surface area contributed by atoms with Gasteiger partial charge in [-0.25, -0.2) is 0 Å². The maximum Gasteiger partial charge on any atom is 0.288 e. The highest BCUT2D eigenvalue weighted by molar-refractivity contribution is 7.84. The molecule has 1 aromatic carbocycles. The molecule has 1 unspecified atom stereocenters. The van der Waals surface area contributed by atoms with Gasteiger partial charge in [0.1, 0.15) is 5.02 Å². The minimum absolute atomic E-state index is 0.0979. The first kappa shape index (κ1) is 13.9. The third kappa shape index (κ3) is 3.98. The van der Waals surface area contributed by atoms with Gasteiger partial charge in [-0.15, -0.1) is 0 Å². The van der Waals surface area contributed by atoms with E-state index in [1.165, 1.54) is 12.1 Å². The molecule has 0 aliphatic rings. The summed E-state index contributed by atoms with van der Waals surface area (Å²) in [4.78, 5) is 10.1. The van der Waals surface area contributed by atoms with Crippen LogP contribution in [0.3, 0.4) is 0 Å². The van der Waals surface area contributed by atoms with E-state index in [1.807, 2.05) is 0 Å². The second kappa shape index (κ2) is 5.97. The summed E-state index contributed by atoms with van der Waals surface area (Å²) in [7, 11) is -0.867. The van der Waals surface area contributed by atoms with E-state index in [0.29, 0.717) is 12.3 Å². The molecule has 5 nitrogen and oxygen atoms in total. The van der Waals surface area contributed by atoms with Crippen molar-refractivity contribution in [2.24, 2.45) is 0 Å². The fraction of sp³-hybridized carbons (Fsp3) is 0.400. The molecule has 0 heterocycles. The molecule has 1 N–H and O–H groups in total. The Balaban J connectivity index is 2.84. The van der Waals surface area contributed by atoms with Crippen LogP contribution in [-0.4, -0.2) is 27.7 Å². The van der Waals surface area contributed by atoms with Gasteiger partial charge in [0.05, 0.1) is 4.92 Å². The van der Waals surface area contributed by atoms with Gasteiger partial charge >= 0.3 is 0 Å². The van der Waals surface area contributed by atoms with Crippen LogP contribution in [0.1, 0.15) is 5.56 Å². The lowest BCUT2D eigenvalue weighted by molar-refractivity contribution is -0.384. The van der Waals surface area contributed by atoms with Crippen molar-refractivity contribution in [3.63, 3.8) is 0 Å². The molecule has 0 aliphatic carbocycles. The first-order valence-corrected chi connectivity index (χ1v) is 7.00. The van der Waals surface area contributed by atoms with Crippen LogP contribution in [0.2, 0.25) is 5.02 Å². The highest BCUT2D eigenvalue weighted by Crippen LogP contribution is 2.30. The molecule has 1 aromatic rings. The average molecular weight is 277 g/mol. The summed E-state index contributed by atoms with van der Waals surface area (Å²) in [5.41, 5.74) is 1.36. The van der Waals surface area contributed by atoms with Crippen molar-refractivity contribution in [3.05, 3.63) is 32.8 Å². The lowest BCUT2D eigenvalue weighted by Gasteiger charge is -2.09. The zero-order valence-electron chi connectivity index (χ0n) is 9.53. The van der Waals surface area contributed by atoms with Crippen molar-refractivity contribution in [1.29, 1.82) is 0 Å². The molecular formula is C10H13ClN2O3S. The van der Waals surface area contributed by atoms with Crippen molar-refractivity contribution in [2.45, 2.75) is 6.92 Å². The summed E-state index contributed by atoms with van der Waals surface area (Å²) in [6.07, 6.45) is 1.62. The summed E-state index contributed by atoms with van der Waals surface area (Å²) in [6, 6.07) is 2.95. The largest absolute Gasteiger partial charge is 0.384 e. The number of nitro groups is 1. The molecule has 0 aliphatic heterocycles. The highest BCUT2D eigenvalue weighted by atomic mass is 35.5. The Kier molecular flexibility index (Phi) is 4.89. The van der Waals surface area contributed by atoms with E-state index < -0.39 is 15.7 Å². The molecule has 0 amide bonds. The van der Waals surface area contributed by atoms with Gasteiger partial charge in [-0.3, -0.25) is 14.3 Å². The second-order valence-corrected chi connectivity index (χ2v) is 5.54. The van der Waals surface area contributed by atoms with E-state index in [1.54, 1.807) is 13.2 Å². The van der Waals surface area contributed by atoms with Crippen LogP contribution in [0.25, 0.3) is 0 Å². The Bertz CT molecular complexity index is 465. The number of anilines is 1. The van der Waals surface area contributed by atoms with Crippen LogP contribution in [0.15, 0.2) is 12.1 Å². The van der Waals surface area contributed by atoms with E-state index >= 15 is 0 Å². The molecule has 0 bridgehead atoms. The third-order valence-corrected chi connectivity index (χ3v) is 3.28. The number of rotatable bonds is 5. The number of nitrogens with one attached hydrogen (secondary N) is 1. The molecule has 0 saturated carbocycles. The third-order valence-electron chi connectivity index (χ3n) is 2.20. The maximum absolute atomic E-state index is 10.9. The quantitative estimate of drug-likeness (QED) is 0.662. The highest BCUT2D eigenvalue weighted by Gasteiger charge is 2.14. The van der Waals surface area contributed by atoms with Gasteiger partial charge in [0.25, 0.3) is 5.69 Å². The molecule has 7 heteroatoms. The summed E-state index contributed by atoms with van der Waals surface area (Å²) in [5.74, 6) is 0.522. The number of nitrogens with zero attached hydrogens (tertiary/aromatic N) is 1. The monoisotopic (exact) mass is 276 g/mol. The Morgan fingerprint density at radius 3 is 2.71 bits per heavy atom. The molecule has 1 atom stereocenters. The van der Waals surface area contributed by atoms with Crippen LogP contribution in [0.4, 0.5) is 11.4 Å². The van der Waals surface area contributed by atoms with Crippen LogP contribution >= 0.6 is 11.6 Å². The van der Waals surface area contributed by atoms with Gasteiger partial charge in [-0.2, -0.15) is 0 Å². The van der Waals surface area contributed by atoms with Crippen molar-refractivity contribution in [3.8, 4) is 0 Å². The molecular weight excluding hydrogens is 264 g/mol. The summed E-state index contributed by atoms with van der Waals surface area (Å²) in [5, 5.41) is 13.8. The Hall–Kier alpha value is -1.14. The normalized spacial score (nSPS) is 12.2. The van der Waals surface area contributed by atoms with Gasteiger partial charge in [0.2, 0.25) is 0 Å². The predicted octanol–water partition coefficient (Wildman–Crippen LogP) is 2.35. The van der Waals surface area contributed by atoms with E-state index in [2.05, 4.69) is 5.32 Å². The fourth-order valence-corrected chi connectivity index (χ4v) is 1.95. The van der Waals surface area contributed by atoms with Crippen LogP contribution in [-0.2, 0) is 10.8 Å². The van der Waals surface area contributed by atoms with Crippen molar-refractivity contribution < 1.29 is 9.13 Å². The SMILES string of the molecule is Cc1cc([N+](=O)[O-])c(Cl)cc1NCCS(C)=O. The van der Waals surface area contributed by atoms with Gasteiger partial charge < -0.3 is 5.32 Å². The fourth-order valence-electron chi connectivity index (χ4n) is 1.33. The molecule has 17 heavy (non-hydrogen) atoms. The van der Waals surface area contributed by atoms with Gasteiger partial charge in [0, 0.05) is 41.1 Å². The number of hydrogen-bond acceptors (Lipinski definition) is 4. The Labute approximate surface area is 107 Å². The van der Waals surface area contributed by atoms with E-state index in [4.69, 9.17) is 11.6 Å². The molecule has 0 aromatic heterocycles. The Morgan fingerprint density at radius 1 is 1.53 bits per heavy atom. The molecule has 94 valence electrons. The van der Waals surface area contributed by atoms with Crippen LogP contribution in [0, 0.1) is 17.0 Å². The van der Waals surface area contributed by atoms with Crippen LogP contribution < -0.4 is 5.32 Å². The summed E-state index contributed by atoms with van der Waals surface area (Å²) >= 11 is 5.80. The smallest absolute Gasteiger partial charge is 0.288 e. The first-order valence-electron chi connectivity index (χ1n) is 4.90. The lowest BCUT2D eigenvalue weighted by atomic mass is 10.2. The molecule has 0 fully saturated rings. The lowest BCUT2D eigenvalue weighted by Crippen LogP contribution is -2.10. The average Bonchev–Trinajstić information content (AvgIpc) is 2.21. The zero-order valence-corrected chi connectivity index (χ0v) is 11.1. The minimum atomic E-state index is -0.867. The predicted molar refractivity (Wildman–Crippen MR) is 70.3 cm³/mol. The topological polar surface area (TPSA) is 72.2 Å². The number of halogens is 1. The van der Waals surface area contributed by atoms with E-state index in [9.17, 15) is 14.3 Å². The summed E-state index contributed by atoms with van der Waals surface area (Å²) < 4.78 is 10.9. The minimum Gasteiger partial charge on any atom is -0.384 e. The molecule has 0 saturated heterocycles. The zero-order chi connectivity index (χ0) is 13.0. The van der Waals surface area contributed by atoms with Crippen molar-refractivity contribution >= 4 is 33.8 Å². The molecule has 0 radical (unpaired) electrons. The van der Waals surface area contributed by atoms with E-state index in [-0.39, 0.29) is 10.7 Å². The van der Waals surface area contributed by atoms with Gasteiger partial charge in [0.15, 0.2) is 0 Å². The molecule has 1 rings (SSSR count). The van der Waals surface area contributed by atoms with E-state index in [0.717, 1.165) is 11.3 Å². The van der Waals surface area contributed by atoms with Crippen molar-refractivity contribution in [1.82, 2.24) is 0 Å². The number of hydrogen-bond donors (Lipinski definition) is 1. The van der Waals surface area contributed by atoms with Crippen molar-refractivity contribution in [2.75, 3.05) is 23.9 Å². The standard InChI is InChI=1S/C10H13ClN2O3S/c1-7-5-10(13(14)15)8(11)6-9(7)12-3-4-17(2)16/h5-6,12H,3-4H2,1-2H3. The van der Waals surface area contributed by atoms with Crippen LogP contribution in [0.5, 0.6) is 0 Å². The number of benzene rings is 1. The van der Waals surface area contributed by atoms with Gasteiger partial charge in [-0.05, 0) is 18.6 Å². The molecule has 0 spiro atoms.